The number of nitrogens with one attached hydrogen (secondary N) is 1. The quantitative estimate of drug-likeness (QED) is 0.442. The topological polar surface area (TPSA) is 70.8 Å². The van der Waals surface area contributed by atoms with Gasteiger partial charge in [0.2, 0.25) is 0 Å². The lowest BCUT2D eigenvalue weighted by Crippen LogP contribution is -2.11. The molecule has 0 aromatic heterocycles. The van der Waals surface area contributed by atoms with Crippen molar-refractivity contribution in [2.45, 2.75) is 0 Å². The number of benzene rings is 2. The van der Waals surface area contributed by atoms with Crippen LogP contribution < -0.4 is 10.3 Å². The van der Waals surface area contributed by atoms with Gasteiger partial charge in [0.25, 0.3) is 5.69 Å². The molecule has 2 aromatic carbocycles. The van der Waals surface area contributed by atoms with Crippen LogP contribution in [0.1, 0.15) is 5.56 Å². The number of nitro benzene ring substituents is 1. The van der Waals surface area contributed by atoms with E-state index < -0.39 is 4.92 Å². The number of hydrogen-bond acceptors (Lipinski definition) is 5. The number of rotatable bonds is 5. The van der Waals surface area contributed by atoms with Gasteiger partial charge < -0.3 is 4.90 Å². The number of hydrogen-bond donors (Lipinski definition) is 1. The molecular formula is C15H13Cl3N4O2. The van der Waals surface area contributed by atoms with Gasteiger partial charge in [-0.15, -0.1) is 0 Å². The number of halogens is 3. The molecule has 1 N–H and O–H groups in total. The van der Waals surface area contributed by atoms with Crippen LogP contribution in [0.2, 0.25) is 15.1 Å². The van der Waals surface area contributed by atoms with Gasteiger partial charge in [-0.25, -0.2) is 0 Å². The van der Waals surface area contributed by atoms with Crippen LogP contribution in [0.5, 0.6) is 0 Å². The average molecular weight is 388 g/mol. The summed E-state index contributed by atoms with van der Waals surface area (Å²) in [6.07, 6.45) is 1.44. The third kappa shape index (κ3) is 4.29. The van der Waals surface area contributed by atoms with E-state index in [2.05, 4.69) is 10.5 Å². The van der Waals surface area contributed by atoms with Gasteiger partial charge in [-0.2, -0.15) is 5.10 Å². The molecule has 0 fully saturated rings. The van der Waals surface area contributed by atoms with Gasteiger partial charge in [0.15, 0.2) is 0 Å². The Balaban J connectivity index is 2.24. The summed E-state index contributed by atoms with van der Waals surface area (Å²) >= 11 is 17.9. The Bertz CT molecular complexity index is 786. The van der Waals surface area contributed by atoms with Gasteiger partial charge in [0.1, 0.15) is 5.69 Å². The molecule has 0 atom stereocenters. The van der Waals surface area contributed by atoms with Crippen LogP contribution in [-0.4, -0.2) is 25.2 Å². The lowest BCUT2D eigenvalue weighted by Gasteiger charge is -2.12. The Labute approximate surface area is 153 Å². The summed E-state index contributed by atoms with van der Waals surface area (Å²) in [4.78, 5) is 12.4. The fourth-order valence-corrected chi connectivity index (χ4v) is 2.87. The second-order valence-corrected chi connectivity index (χ2v) is 6.26. The van der Waals surface area contributed by atoms with E-state index in [1.54, 1.807) is 31.1 Å². The molecule has 0 bridgehead atoms. The van der Waals surface area contributed by atoms with Gasteiger partial charge in [-0.05, 0) is 18.2 Å². The standard InChI is InChI=1S/C15H13Cl3N4O2/c1-21(2)13-4-3-9(5-14(13)22(23)24)8-19-20-15-11(17)6-10(16)7-12(15)18/h3-8,20H,1-2H3. The summed E-state index contributed by atoms with van der Waals surface area (Å²) in [5, 5.41) is 16.2. The van der Waals surface area contributed by atoms with Crippen LogP contribution in [0, 0.1) is 10.1 Å². The zero-order chi connectivity index (χ0) is 17.9. The fraction of sp³-hybridized carbons (Fsp3) is 0.133. The third-order valence-corrected chi connectivity index (χ3v) is 3.89. The van der Waals surface area contributed by atoms with E-state index in [9.17, 15) is 10.1 Å². The van der Waals surface area contributed by atoms with E-state index in [0.29, 0.717) is 32.0 Å². The molecular weight excluding hydrogens is 375 g/mol. The molecule has 9 heteroatoms. The lowest BCUT2D eigenvalue weighted by molar-refractivity contribution is -0.384. The number of hydrazone groups is 1. The van der Waals surface area contributed by atoms with E-state index in [4.69, 9.17) is 34.8 Å². The van der Waals surface area contributed by atoms with E-state index >= 15 is 0 Å². The molecule has 0 heterocycles. The molecule has 0 unspecified atom stereocenters. The monoisotopic (exact) mass is 386 g/mol. The Morgan fingerprint density at radius 2 is 1.79 bits per heavy atom. The van der Waals surface area contributed by atoms with E-state index in [1.165, 1.54) is 24.4 Å². The van der Waals surface area contributed by atoms with Gasteiger partial charge in [0.05, 0.1) is 26.9 Å². The molecule has 0 saturated carbocycles. The van der Waals surface area contributed by atoms with Crippen molar-refractivity contribution in [1.82, 2.24) is 0 Å². The van der Waals surface area contributed by atoms with E-state index in [0.717, 1.165) is 0 Å². The average Bonchev–Trinajstić information content (AvgIpc) is 2.49. The first kappa shape index (κ1) is 18.3. The molecule has 0 spiro atoms. The van der Waals surface area contributed by atoms with Gasteiger partial charge in [-0.3, -0.25) is 15.5 Å². The molecule has 2 aromatic rings. The summed E-state index contributed by atoms with van der Waals surface area (Å²) in [6, 6.07) is 7.87. The van der Waals surface area contributed by atoms with E-state index in [1.807, 2.05) is 0 Å². The minimum atomic E-state index is -0.437. The van der Waals surface area contributed by atoms with Crippen molar-refractivity contribution < 1.29 is 4.92 Å². The Morgan fingerprint density at radius 1 is 1.17 bits per heavy atom. The maximum Gasteiger partial charge on any atom is 0.293 e. The summed E-state index contributed by atoms with van der Waals surface area (Å²) < 4.78 is 0. The second kappa shape index (κ2) is 7.70. The van der Waals surface area contributed by atoms with Crippen molar-refractivity contribution in [2.24, 2.45) is 5.10 Å². The van der Waals surface area contributed by atoms with Gasteiger partial charge in [0, 0.05) is 30.7 Å². The zero-order valence-corrected chi connectivity index (χ0v) is 15.0. The van der Waals surface area contributed by atoms with Crippen molar-refractivity contribution in [3.05, 3.63) is 61.1 Å². The first-order valence-corrected chi connectivity index (χ1v) is 7.82. The number of anilines is 2. The van der Waals surface area contributed by atoms with Crippen molar-refractivity contribution >= 4 is 58.1 Å². The lowest BCUT2D eigenvalue weighted by atomic mass is 10.2. The molecule has 0 amide bonds. The van der Waals surface area contributed by atoms with Gasteiger partial charge >= 0.3 is 0 Å². The van der Waals surface area contributed by atoms with E-state index in [-0.39, 0.29) is 5.69 Å². The molecule has 126 valence electrons. The maximum atomic E-state index is 11.2. The fourth-order valence-electron chi connectivity index (χ4n) is 1.97. The highest BCUT2D eigenvalue weighted by Crippen LogP contribution is 2.33. The smallest absolute Gasteiger partial charge is 0.293 e. The molecule has 6 nitrogen and oxygen atoms in total. The summed E-state index contributed by atoms with van der Waals surface area (Å²) in [7, 11) is 3.48. The molecule has 2 rings (SSSR count). The second-order valence-electron chi connectivity index (χ2n) is 5.01. The van der Waals surface area contributed by atoms with Gasteiger partial charge in [-0.1, -0.05) is 40.9 Å². The first-order chi connectivity index (χ1) is 11.3. The van der Waals surface area contributed by atoms with Crippen LogP contribution in [-0.2, 0) is 0 Å². The minimum Gasteiger partial charge on any atom is -0.372 e. The largest absolute Gasteiger partial charge is 0.372 e. The van der Waals surface area contributed by atoms with Crippen LogP contribution in [0.25, 0.3) is 0 Å². The normalized spacial score (nSPS) is 10.9. The predicted octanol–water partition coefficient (Wildman–Crippen LogP) is 5.07. The first-order valence-electron chi connectivity index (χ1n) is 6.69. The van der Waals surface area contributed by atoms with Crippen molar-refractivity contribution in [3.8, 4) is 0 Å². The van der Waals surface area contributed by atoms with Crippen LogP contribution >= 0.6 is 34.8 Å². The molecule has 0 saturated heterocycles. The highest BCUT2D eigenvalue weighted by Gasteiger charge is 2.15. The third-order valence-electron chi connectivity index (χ3n) is 3.07. The molecule has 0 aliphatic heterocycles. The molecule has 0 radical (unpaired) electrons. The summed E-state index contributed by atoms with van der Waals surface area (Å²) in [5.74, 6) is 0. The Morgan fingerprint density at radius 3 is 2.33 bits per heavy atom. The summed E-state index contributed by atoms with van der Waals surface area (Å²) in [6.45, 7) is 0. The highest BCUT2D eigenvalue weighted by molar-refractivity contribution is 6.41. The predicted molar refractivity (Wildman–Crippen MR) is 100 cm³/mol. The van der Waals surface area contributed by atoms with Crippen molar-refractivity contribution in [2.75, 3.05) is 24.4 Å². The zero-order valence-electron chi connectivity index (χ0n) is 12.8. The SMILES string of the molecule is CN(C)c1ccc(C=NNc2c(Cl)cc(Cl)cc2Cl)cc1[N+](=O)[O-]. The van der Waals surface area contributed by atoms with Crippen LogP contribution in [0.3, 0.4) is 0 Å². The van der Waals surface area contributed by atoms with Crippen molar-refractivity contribution in [1.29, 1.82) is 0 Å². The summed E-state index contributed by atoms with van der Waals surface area (Å²) in [5.41, 5.74) is 4.17. The van der Waals surface area contributed by atoms with Crippen LogP contribution in [0.15, 0.2) is 35.4 Å². The highest BCUT2D eigenvalue weighted by atomic mass is 35.5. The molecule has 0 aliphatic carbocycles. The number of nitrogens with zero attached hydrogens (tertiary/aromatic N) is 3. The minimum absolute atomic E-state index is 0.00786. The maximum absolute atomic E-state index is 11.2. The number of nitro groups is 1. The Hall–Kier alpha value is -2.02. The molecule has 24 heavy (non-hydrogen) atoms. The molecule has 0 aliphatic rings. The van der Waals surface area contributed by atoms with Crippen molar-refractivity contribution in [3.63, 3.8) is 0 Å². The van der Waals surface area contributed by atoms with Crippen LogP contribution in [0.4, 0.5) is 17.1 Å². The Kier molecular flexibility index (Phi) is 5.88.